The zero-order valence-corrected chi connectivity index (χ0v) is 10.6. The number of hydrogen-bond acceptors (Lipinski definition) is 1. The van der Waals surface area contributed by atoms with Gasteiger partial charge in [0.15, 0.2) is 0 Å². The summed E-state index contributed by atoms with van der Waals surface area (Å²) in [6, 6.07) is 8.83. The predicted molar refractivity (Wildman–Crippen MR) is 70.2 cm³/mol. The van der Waals surface area contributed by atoms with Crippen LogP contribution in [0.3, 0.4) is 0 Å². The van der Waals surface area contributed by atoms with E-state index in [4.69, 9.17) is 0 Å². The summed E-state index contributed by atoms with van der Waals surface area (Å²) in [5, 5.41) is 2.56. The Balaban J connectivity index is 2.37. The molecule has 0 atom stereocenters. The third-order valence-corrected chi connectivity index (χ3v) is 2.91. The molecule has 2 aromatic carbocycles. The standard InChI is InChI=1S/C15H13F2NO/c1-9-5-3-6-10(2)14(9)18-15(19)13-11(16)7-4-8-12(13)17/h3-8H,1-2H3,(H,18,19). The van der Waals surface area contributed by atoms with E-state index in [0.717, 1.165) is 23.3 Å². The average molecular weight is 261 g/mol. The molecule has 2 aromatic rings. The van der Waals surface area contributed by atoms with Crippen LogP contribution in [0.4, 0.5) is 14.5 Å². The van der Waals surface area contributed by atoms with Crippen LogP contribution in [0.25, 0.3) is 0 Å². The van der Waals surface area contributed by atoms with Gasteiger partial charge in [-0.25, -0.2) is 8.78 Å². The van der Waals surface area contributed by atoms with Crippen LogP contribution >= 0.6 is 0 Å². The van der Waals surface area contributed by atoms with Crippen LogP contribution in [0, 0.1) is 25.5 Å². The Kier molecular flexibility index (Phi) is 3.60. The highest BCUT2D eigenvalue weighted by Crippen LogP contribution is 2.21. The lowest BCUT2D eigenvalue weighted by Crippen LogP contribution is -2.17. The van der Waals surface area contributed by atoms with E-state index in [-0.39, 0.29) is 0 Å². The van der Waals surface area contributed by atoms with E-state index in [9.17, 15) is 13.6 Å². The molecule has 2 nitrogen and oxygen atoms in total. The Labute approximate surface area is 110 Å². The van der Waals surface area contributed by atoms with Crippen LogP contribution in [0.2, 0.25) is 0 Å². The summed E-state index contributed by atoms with van der Waals surface area (Å²) in [5.74, 6) is -2.53. The molecule has 0 saturated heterocycles. The first-order valence-corrected chi connectivity index (χ1v) is 5.82. The van der Waals surface area contributed by atoms with Crippen molar-refractivity contribution in [3.05, 3.63) is 64.7 Å². The van der Waals surface area contributed by atoms with Gasteiger partial charge in [0.2, 0.25) is 0 Å². The fraction of sp³-hybridized carbons (Fsp3) is 0.133. The van der Waals surface area contributed by atoms with Gasteiger partial charge in [0.25, 0.3) is 5.91 Å². The number of amides is 1. The van der Waals surface area contributed by atoms with E-state index < -0.39 is 23.1 Å². The summed E-state index contributed by atoms with van der Waals surface area (Å²) in [7, 11) is 0. The largest absolute Gasteiger partial charge is 0.321 e. The third-order valence-electron chi connectivity index (χ3n) is 2.91. The van der Waals surface area contributed by atoms with Crippen molar-refractivity contribution in [2.24, 2.45) is 0 Å². The SMILES string of the molecule is Cc1cccc(C)c1NC(=O)c1c(F)cccc1F. The molecule has 0 aliphatic carbocycles. The van der Waals surface area contributed by atoms with E-state index in [1.165, 1.54) is 6.07 Å². The molecule has 0 aliphatic rings. The summed E-state index contributed by atoms with van der Waals surface area (Å²) >= 11 is 0. The van der Waals surface area contributed by atoms with Crippen molar-refractivity contribution in [2.45, 2.75) is 13.8 Å². The van der Waals surface area contributed by atoms with Gasteiger partial charge in [-0.05, 0) is 37.1 Å². The van der Waals surface area contributed by atoms with Crippen molar-refractivity contribution in [1.82, 2.24) is 0 Å². The lowest BCUT2D eigenvalue weighted by atomic mass is 10.1. The summed E-state index contributed by atoms with van der Waals surface area (Å²) < 4.78 is 27.0. The van der Waals surface area contributed by atoms with Crippen molar-refractivity contribution < 1.29 is 13.6 Å². The van der Waals surface area contributed by atoms with Gasteiger partial charge in [-0.15, -0.1) is 0 Å². The zero-order valence-electron chi connectivity index (χ0n) is 10.6. The molecule has 2 rings (SSSR count). The molecule has 4 heteroatoms. The predicted octanol–water partition coefficient (Wildman–Crippen LogP) is 3.83. The molecule has 0 spiro atoms. The van der Waals surface area contributed by atoms with E-state index in [1.807, 2.05) is 32.0 Å². The first kappa shape index (κ1) is 13.2. The number of rotatable bonds is 2. The fourth-order valence-electron chi connectivity index (χ4n) is 1.90. The monoisotopic (exact) mass is 261 g/mol. The molecule has 98 valence electrons. The Morgan fingerprint density at radius 2 is 1.42 bits per heavy atom. The number of halogens is 2. The molecular weight excluding hydrogens is 248 g/mol. The number of hydrogen-bond donors (Lipinski definition) is 1. The van der Waals surface area contributed by atoms with Gasteiger partial charge in [0, 0.05) is 5.69 Å². The average Bonchev–Trinajstić information content (AvgIpc) is 2.34. The molecule has 0 fully saturated rings. The van der Waals surface area contributed by atoms with Crippen molar-refractivity contribution in [3.63, 3.8) is 0 Å². The first-order valence-electron chi connectivity index (χ1n) is 5.82. The highest BCUT2D eigenvalue weighted by atomic mass is 19.1. The second kappa shape index (κ2) is 5.18. The quantitative estimate of drug-likeness (QED) is 0.874. The maximum atomic E-state index is 13.5. The van der Waals surface area contributed by atoms with Gasteiger partial charge in [0.05, 0.1) is 0 Å². The molecule has 0 unspecified atom stereocenters. The van der Waals surface area contributed by atoms with E-state index >= 15 is 0 Å². The van der Waals surface area contributed by atoms with E-state index in [0.29, 0.717) is 5.69 Å². The summed E-state index contributed by atoms with van der Waals surface area (Å²) in [4.78, 5) is 12.0. The number of para-hydroxylation sites is 1. The molecule has 0 heterocycles. The summed E-state index contributed by atoms with van der Waals surface area (Å²) in [5.41, 5.74) is 1.69. The number of carbonyl (C=O) groups is 1. The van der Waals surface area contributed by atoms with Crippen LogP contribution in [0.1, 0.15) is 21.5 Å². The minimum Gasteiger partial charge on any atom is -0.321 e. The van der Waals surface area contributed by atoms with Crippen LogP contribution in [-0.4, -0.2) is 5.91 Å². The molecule has 0 aromatic heterocycles. The second-order valence-corrected chi connectivity index (χ2v) is 4.32. The van der Waals surface area contributed by atoms with Gasteiger partial charge in [0.1, 0.15) is 17.2 Å². The number of nitrogens with one attached hydrogen (secondary N) is 1. The van der Waals surface area contributed by atoms with E-state index in [2.05, 4.69) is 5.32 Å². The molecule has 0 radical (unpaired) electrons. The van der Waals surface area contributed by atoms with Crippen LogP contribution in [0.15, 0.2) is 36.4 Å². The van der Waals surface area contributed by atoms with Crippen LogP contribution < -0.4 is 5.32 Å². The van der Waals surface area contributed by atoms with Gasteiger partial charge >= 0.3 is 0 Å². The van der Waals surface area contributed by atoms with Crippen molar-refractivity contribution in [2.75, 3.05) is 5.32 Å². The van der Waals surface area contributed by atoms with Crippen LogP contribution in [0.5, 0.6) is 0 Å². The normalized spacial score (nSPS) is 10.3. The van der Waals surface area contributed by atoms with Crippen molar-refractivity contribution in [1.29, 1.82) is 0 Å². The number of aryl methyl sites for hydroxylation is 2. The lowest BCUT2D eigenvalue weighted by Gasteiger charge is -2.12. The molecule has 1 N–H and O–H groups in total. The number of benzene rings is 2. The zero-order chi connectivity index (χ0) is 14.0. The Morgan fingerprint density at radius 3 is 1.95 bits per heavy atom. The van der Waals surface area contributed by atoms with Gasteiger partial charge in [-0.2, -0.15) is 0 Å². The molecule has 19 heavy (non-hydrogen) atoms. The lowest BCUT2D eigenvalue weighted by molar-refractivity contribution is 0.101. The summed E-state index contributed by atoms with van der Waals surface area (Å²) in [6.07, 6.45) is 0. The smallest absolute Gasteiger partial charge is 0.261 e. The molecule has 0 aliphatic heterocycles. The van der Waals surface area contributed by atoms with E-state index in [1.54, 1.807) is 0 Å². The maximum Gasteiger partial charge on any atom is 0.261 e. The van der Waals surface area contributed by atoms with Crippen molar-refractivity contribution >= 4 is 11.6 Å². The molecular formula is C15H13F2NO. The Hall–Kier alpha value is -2.23. The minimum absolute atomic E-state index is 0.565. The Bertz CT molecular complexity index is 598. The molecule has 0 saturated carbocycles. The Morgan fingerprint density at radius 1 is 0.947 bits per heavy atom. The topological polar surface area (TPSA) is 29.1 Å². The van der Waals surface area contributed by atoms with Crippen LogP contribution in [-0.2, 0) is 0 Å². The molecule has 0 bridgehead atoms. The number of carbonyl (C=O) groups excluding carboxylic acids is 1. The van der Waals surface area contributed by atoms with Gasteiger partial charge in [-0.1, -0.05) is 24.3 Å². The highest BCUT2D eigenvalue weighted by Gasteiger charge is 2.18. The third kappa shape index (κ3) is 2.62. The van der Waals surface area contributed by atoms with Gasteiger partial charge < -0.3 is 5.32 Å². The highest BCUT2D eigenvalue weighted by molar-refractivity contribution is 6.05. The fourth-order valence-corrected chi connectivity index (χ4v) is 1.90. The second-order valence-electron chi connectivity index (χ2n) is 4.32. The van der Waals surface area contributed by atoms with Gasteiger partial charge in [-0.3, -0.25) is 4.79 Å². The maximum absolute atomic E-state index is 13.5. The van der Waals surface area contributed by atoms with Crippen molar-refractivity contribution in [3.8, 4) is 0 Å². The molecule has 1 amide bonds. The minimum atomic E-state index is -0.872. The summed E-state index contributed by atoms with van der Waals surface area (Å²) in [6.45, 7) is 3.64. The first-order chi connectivity index (χ1) is 9.00. The number of anilines is 1.